The minimum Gasteiger partial charge on any atom is -0.195 e. The molecule has 0 radical (unpaired) electrons. The van der Waals surface area contributed by atoms with E-state index in [1.54, 1.807) is 12.1 Å². The monoisotopic (exact) mass is 280 g/mol. The maximum Gasteiger partial charge on any atom is 0.317 e. The van der Waals surface area contributed by atoms with Crippen LogP contribution in [-0.4, -0.2) is 8.42 Å². The highest BCUT2D eigenvalue weighted by Crippen LogP contribution is 2.19. The lowest BCUT2D eigenvalue weighted by atomic mass is 10.4. The fourth-order valence-corrected chi connectivity index (χ4v) is 0.711. The molecular formula is C6H4Cl4O2S. The maximum absolute atomic E-state index is 9.16. The molecule has 74 valence electrons. The van der Waals surface area contributed by atoms with Gasteiger partial charge < -0.3 is 0 Å². The number of hydrogen-bond acceptors (Lipinski definition) is 2. The van der Waals surface area contributed by atoms with Crippen molar-refractivity contribution in [2.75, 3.05) is 0 Å². The van der Waals surface area contributed by atoms with Crippen LogP contribution in [0, 0.1) is 0 Å². The Morgan fingerprint density at radius 1 is 0.923 bits per heavy atom. The summed E-state index contributed by atoms with van der Waals surface area (Å²) in [6, 6.07) is 7.19. The van der Waals surface area contributed by atoms with Crippen LogP contribution in [-0.2, 0) is 8.26 Å². The lowest BCUT2D eigenvalue weighted by Gasteiger charge is -1.88. The number of halogens is 4. The average Bonchev–Trinajstić information content (AvgIpc) is 1.92. The van der Waals surface area contributed by atoms with Crippen molar-refractivity contribution < 1.29 is 8.42 Å². The van der Waals surface area contributed by atoms with Crippen LogP contribution < -0.4 is 0 Å². The van der Waals surface area contributed by atoms with Crippen molar-refractivity contribution in [1.29, 1.82) is 0 Å². The van der Waals surface area contributed by atoms with Gasteiger partial charge in [-0.2, -0.15) is 8.42 Å². The zero-order valence-electron chi connectivity index (χ0n) is 6.05. The summed E-state index contributed by atoms with van der Waals surface area (Å²) < 4.78 is 18.3. The lowest BCUT2D eigenvalue weighted by molar-refractivity contribution is 0.621. The van der Waals surface area contributed by atoms with Gasteiger partial charge in [-0.15, -0.1) is 0 Å². The van der Waals surface area contributed by atoms with Crippen molar-refractivity contribution in [3.63, 3.8) is 0 Å². The number of rotatable bonds is 0. The second kappa shape index (κ2) is 5.94. The standard InChI is InChI=1S/C6H4Cl2.Cl2O2S/c7-5-3-1-2-4-6(5)8;1-5(2,3)4/h1-4H;. The summed E-state index contributed by atoms with van der Waals surface area (Å²) in [6.07, 6.45) is 0. The first-order valence-corrected chi connectivity index (χ1v) is 6.74. The van der Waals surface area contributed by atoms with E-state index < -0.39 is 8.26 Å². The Labute approximate surface area is 95.3 Å². The molecule has 1 aromatic rings. The van der Waals surface area contributed by atoms with Crippen LogP contribution in [0.3, 0.4) is 0 Å². The van der Waals surface area contributed by atoms with E-state index >= 15 is 0 Å². The minimum absolute atomic E-state index is 0.606. The molecule has 1 rings (SSSR count). The molecule has 2 nitrogen and oxygen atoms in total. The molecule has 0 N–H and O–H groups in total. The second-order valence-corrected chi connectivity index (χ2v) is 6.28. The van der Waals surface area contributed by atoms with Crippen molar-refractivity contribution >= 4 is 52.8 Å². The molecule has 0 aliphatic heterocycles. The van der Waals surface area contributed by atoms with Crippen LogP contribution in [0.5, 0.6) is 0 Å². The van der Waals surface area contributed by atoms with Crippen LogP contribution in [0.15, 0.2) is 24.3 Å². The third-order valence-electron chi connectivity index (χ3n) is 0.824. The highest BCUT2D eigenvalue weighted by atomic mass is 36.0. The molecule has 7 heteroatoms. The van der Waals surface area contributed by atoms with Crippen LogP contribution in [0.2, 0.25) is 10.0 Å². The van der Waals surface area contributed by atoms with Gasteiger partial charge in [0.05, 0.1) is 10.0 Å². The molecule has 0 fully saturated rings. The zero-order chi connectivity index (χ0) is 10.5. The van der Waals surface area contributed by atoms with Crippen LogP contribution >= 0.6 is 44.6 Å². The third-order valence-corrected chi connectivity index (χ3v) is 1.58. The van der Waals surface area contributed by atoms with Crippen LogP contribution in [0.25, 0.3) is 0 Å². The second-order valence-electron chi connectivity index (χ2n) is 1.79. The Hall–Kier alpha value is 0.330. The number of benzene rings is 1. The Morgan fingerprint density at radius 2 is 1.15 bits per heavy atom. The quantitative estimate of drug-likeness (QED) is 0.680. The van der Waals surface area contributed by atoms with Crippen LogP contribution in [0.4, 0.5) is 0 Å². The first-order chi connectivity index (χ1) is 5.80. The molecule has 0 unspecified atom stereocenters. The molecule has 0 spiro atoms. The molecule has 0 saturated heterocycles. The predicted octanol–water partition coefficient (Wildman–Crippen LogP) is 3.70. The van der Waals surface area contributed by atoms with Gasteiger partial charge in [-0.05, 0) is 12.1 Å². The third kappa shape index (κ3) is 10.2. The largest absolute Gasteiger partial charge is 0.317 e. The Balaban J connectivity index is 0.000000252. The van der Waals surface area contributed by atoms with E-state index in [1.165, 1.54) is 0 Å². The van der Waals surface area contributed by atoms with Crippen molar-refractivity contribution in [3.05, 3.63) is 34.3 Å². The first kappa shape index (κ1) is 13.3. The van der Waals surface area contributed by atoms with Crippen molar-refractivity contribution in [3.8, 4) is 0 Å². The average molecular weight is 282 g/mol. The van der Waals surface area contributed by atoms with Gasteiger partial charge in [-0.3, -0.25) is 0 Å². The molecule has 0 amide bonds. The molecule has 0 aliphatic carbocycles. The molecule has 0 bridgehead atoms. The smallest absolute Gasteiger partial charge is 0.195 e. The van der Waals surface area contributed by atoms with E-state index in [1.807, 2.05) is 12.1 Å². The highest BCUT2D eigenvalue weighted by molar-refractivity contribution is 8.31. The Morgan fingerprint density at radius 3 is 1.31 bits per heavy atom. The SMILES string of the molecule is Clc1ccccc1Cl.O=S(=O)(Cl)Cl. The first-order valence-electron chi connectivity index (χ1n) is 2.85. The van der Waals surface area contributed by atoms with E-state index in [0.29, 0.717) is 10.0 Å². The summed E-state index contributed by atoms with van der Waals surface area (Å²) in [7, 11) is 4.81. The van der Waals surface area contributed by atoms with Crippen molar-refractivity contribution in [2.24, 2.45) is 0 Å². The van der Waals surface area contributed by atoms with E-state index in [4.69, 9.17) is 31.6 Å². The Bertz CT molecular complexity index is 334. The summed E-state index contributed by atoms with van der Waals surface area (Å²) in [5.74, 6) is 0. The molecule has 0 aliphatic rings. The predicted molar refractivity (Wildman–Crippen MR) is 57.1 cm³/mol. The van der Waals surface area contributed by atoms with E-state index in [-0.39, 0.29) is 0 Å². The van der Waals surface area contributed by atoms with E-state index in [2.05, 4.69) is 21.4 Å². The fourth-order valence-electron chi connectivity index (χ4n) is 0.439. The Kier molecular flexibility index (Phi) is 6.09. The normalized spacial score (nSPS) is 10.2. The van der Waals surface area contributed by atoms with Gasteiger partial charge in [0, 0.05) is 21.4 Å². The van der Waals surface area contributed by atoms with Gasteiger partial charge in [0.2, 0.25) is 0 Å². The fraction of sp³-hybridized carbons (Fsp3) is 0. The summed E-state index contributed by atoms with van der Waals surface area (Å²) >= 11 is 11.2. The summed E-state index contributed by atoms with van der Waals surface area (Å²) in [5.41, 5.74) is 0. The summed E-state index contributed by atoms with van der Waals surface area (Å²) in [5, 5.41) is 1.21. The molecule has 0 heterocycles. The lowest BCUT2D eigenvalue weighted by Crippen LogP contribution is -1.63. The minimum atomic E-state index is -3.72. The zero-order valence-corrected chi connectivity index (χ0v) is 9.89. The van der Waals surface area contributed by atoms with Gasteiger partial charge in [0.15, 0.2) is 0 Å². The molecule has 13 heavy (non-hydrogen) atoms. The van der Waals surface area contributed by atoms with Crippen molar-refractivity contribution in [2.45, 2.75) is 0 Å². The van der Waals surface area contributed by atoms with Crippen LogP contribution in [0.1, 0.15) is 0 Å². The van der Waals surface area contributed by atoms with Crippen molar-refractivity contribution in [1.82, 2.24) is 0 Å². The van der Waals surface area contributed by atoms with Gasteiger partial charge in [-0.1, -0.05) is 35.3 Å². The molecule has 0 aromatic heterocycles. The molecular weight excluding hydrogens is 278 g/mol. The van der Waals surface area contributed by atoms with E-state index in [0.717, 1.165) is 0 Å². The number of hydrogen-bond donors (Lipinski definition) is 0. The van der Waals surface area contributed by atoms with E-state index in [9.17, 15) is 0 Å². The summed E-state index contributed by atoms with van der Waals surface area (Å²) in [6.45, 7) is 0. The molecule has 0 atom stereocenters. The highest BCUT2D eigenvalue weighted by Gasteiger charge is 1.89. The van der Waals surface area contributed by atoms with Gasteiger partial charge in [0.25, 0.3) is 0 Å². The van der Waals surface area contributed by atoms with Gasteiger partial charge in [-0.25, -0.2) is 0 Å². The van der Waals surface area contributed by atoms with Gasteiger partial charge >= 0.3 is 8.26 Å². The van der Waals surface area contributed by atoms with Gasteiger partial charge in [0.1, 0.15) is 0 Å². The molecule has 1 aromatic carbocycles. The topological polar surface area (TPSA) is 34.1 Å². The summed E-state index contributed by atoms with van der Waals surface area (Å²) in [4.78, 5) is 0. The maximum atomic E-state index is 9.16. The molecule has 0 saturated carbocycles.